The van der Waals surface area contributed by atoms with Crippen LogP contribution < -0.4 is 4.74 Å². The summed E-state index contributed by atoms with van der Waals surface area (Å²) in [6.45, 7) is 2.75. The lowest BCUT2D eigenvalue weighted by molar-refractivity contribution is 0.290. The first kappa shape index (κ1) is 19.4. The van der Waals surface area contributed by atoms with Crippen molar-refractivity contribution in [2.75, 3.05) is 6.61 Å². The highest BCUT2D eigenvalue weighted by Crippen LogP contribution is 2.26. The first-order valence-electron chi connectivity index (χ1n) is 9.30. The average Bonchev–Trinajstić information content (AvgIpc) is 2.61. The molecule has 0 spiro atoms. The van der Waals surface area contributed by atoms with Gasteiger partial charge in [-0.3, -0.25) is 0 Å². The van der Waals surface area contributed by atoms with Gasteiger partial charge in [-0.1, -0.05) is 70.1 Å². The molecule has 0 saturated heterocycles. The Hall–Kier alpha value is -1.90. The van der Waals surface area contributed by atoms with Gasteiger partial charge >= 0.3 is 0 Å². The molecule has 1 nitrogen and oxygen atoms in total. The summed E-state index contributed by atoms with van der Waals surface area (Å²) in [6, 6.07) is 11.7. The Labute approximate surface area is 150 Å². The zero-order valence-electron chi connectivity index (χ0n) is 15.0. The molecule has 0 bridgehead atoms. The number of ether oxygens (including phenoxy) is 1. The normalized spacial score (nSPS) is 10.8. The van der Waals surface area contributed by atoms with Crippen molar-refractivity contribution in [2.45, 2.75) is 58.3 Å². The fourth-order valence-corrected chi connectivity index (χ4v) is 2.83. The summed E-state index contributed by atoms with van der Waals surface area (Å²) in [4.78, 5) is 0. The smallest absolute Gasteiger partial charge is 0.165 e. The summed E-state index contributed by atoms with van der Waals surface area (Å²) >= 11 is 0. The third-order valence-corrected chi connectivity index (χ3v) is 4.29. The van der Waals surface area contributed by atoms with Gasteiger partial charge in [-0.05, 0) is 35.7 Å². The molecule has 0 saturated carbocycles. The SMILES string of the molecule is CCCCCCCCCCOc1ccc(-c2cc[c]c(F)c2)cc1F. The second-order valence-electron chi connectivity index (χ2n) is 6.39. The molecule has 0 aliphatic carbocycles. The highest BCUT2D eigenvalue weighted by Gasteiger charge is 2.07. The number of benzene rings is 2. The van der Waals surface area contributed by atoms with Gasteiger partial charge in [0.15, 0.2) is 11.6 Å². The van der Waals surface area contributed by atoms with Crippen molar-refractivity contribution in [3.8, 4) is 16.9 Å². The second kappa shape index (κ2) is 10.9. The van der Waals surface area contributed by atoms with E-state index in [9.17, 15) is 8.78 Å². The molecule has 0 atom stereocenters. The van der Waals surface area contributed by atoms with Gasteiger partial charge in [0.05, 0.1) is 6.61 Å². The molecule has 2 rings (SSSR count). The van der Waals surface area contributed by atoms with Crippen LogP contribution in [-0.2, 0) is 0 Å². The molecular weight excluding hydrogens is 318 g/mol. The summed E-state index contributed by atoms with van der Waals surface area (Å²) in [7, 11) is 0. The van der Waals surface area contributed by atoms with Gasteiger partial charge in [-0.2, -0.15) is 0 Å². The van der Waals surface area contributed by atoms with Crippen LogP contribution >= 0.6 is 0 Å². The molecule has 0 heterocycles. The van der Waals surface area contributed by atoms with Crippen LogP contribution in [0.4, 0.5) is 8.78 Å². The Balaban J connectivity index is 1.72. The fraction of sp³-hybridized carbons (Fsp3) is 0.455. The number of unbranched alkanes of at least 4 members (excludes halogenated alkanes) is 7. The monoisotopic (exact) mass is 345 g/mol. The third kappa shape index (κ3) is 6.85. The molecule has 0 aliphatic rings. The van der Waals surface area contributed by atoms with Gasteiger partial charge in [-0.15, -0.1) is 0 Å². The molecule has 0 fully saturated rings. The first-order chi connectivity index (χ1) is 12.2. The van der Waals surface area contributed by atoms with E-state index in [1.807, 2.05) is 0 Å². The molecule has 2 aromatic carbocycles. The fourth-order valence-electron chi connectivity index (χ4n) is 2.83. The van der Waals surface area contributed by atoms with E-state index >= 15 is 0 Å². The molecule has 0 unspecified atom stereocenters. The zero-order valence-corrected chi connectivity index (χ0v) is 15.0. The lowest BCUT2D eigenvalue weighted by Gasteiger charge is -2.09. The first-order valence-corrected chi connectivity index (χ1v) is 9.30. The van der Waals surface area contributed by atoms with Crippen LogP contribution in [0.1, 0.15) is 58.3 Å². The van der Waals surface area contributed by atoms with Crippen molar-refractivity contribution in [3.63, 3.8) is 0 Å². The summed E-state index contributed by atoms with van der Waals surface area (Å²) in [6.07, 6.45) is 9.78. The summed E-state index contributed by atoms with van der Waals surface area (Å²) in [5.41, 5.74) is 1.26. The van der Waals surface area contributed by atoms with Crippen molar-refractivity contribution in [1.29, 1.82) is 0 Å². The van der Waals surface area contributed by atoms with Gasteiger partial charge in [0, 0.05) is 6.07 Å². The van der Waals surface area contributed by atoms with E-state index in [-0.39, 0.29) is 5.75 Å². The number of hydrogen-bond donors (Lipinski definition) is 0. The molecule has 25 heavy (non-hydrogen) atoms. The molecule has 0 N–H and O–H groups in total. The number of hydrogen-bond acceptors (Lipinski definition) is 1. The Morgan fingerprint density at radius 1 is 0.840 bits per heavy atom. The van der Waals surface area contributed by atoms with Crippen molar-refractivity contribution in [3.05, 3.63) is 54.1 Å². The van der Waals surface area contributed by atoms with Crippen LogP contribution in [0.3, 0.4) is 0 Å². The van der Waals surface area contributed by atoms with Crippen LogP contribution in [-0.4, -0.2) is 6.61 Å². The van der Waals surface area contributed by atoms with E-state index < -0.39 is 11.6 Å². The van der Waals surface area contributed by atoms with Crippen molar-refractivity contribution in [2.24, 2.45) is 0 Å². The minimum absolute atomic E-state index is 0.259. The molecule has 135 valence electrons. The van der Waals surface area contributed by atoms with Crippen LogP contribution in [0.25, 0.3) is 11.1 Å². The number of halogens is 2. The van der Waals surface area contributed by atoms with E-state index in [4.69, 9.17) is 4.74 Å². The highest BCUT2D eigenvalue weighted by atomic mass is 19.1. The van der Waals surface area contributed by atoms with E-state index in [0.717, 1.165) is 12.8 Å². The predicted octanol–water partition coefficient (Wildman–Crippen LogP) is 6.95. The van der Waals surface area contributed by atoms with E-state index in [2.05, 4.69) is 13.0 Å². The largest absolute Gasteiger partial charge is 0.491 e. The summed E-state index contributed by atoms with van der Waals surface area (Å²) < 4.78 is 32.9. The van der Waals surface area contributed by atoms with Crippen molar-refractivity contribution >= 4 is 0 Å². The minimum Gasteiger partial charge on any atom is -0.491 e. The van der Waals surface area contributed by atoms with Crippen LogP contribution in [0, 0.1) is 17.7 Å². The summed E-state index contributed by atoms with van der Waals surface area (Å²) in [5, 5.41) is 0. The average molecular weight is 345 g/mol. The van der Waals surface area contributed by atoms with Crippen molar-refractivity contribution in [1.82, 2.24) is 0 Å². The molecular formula is C22H27F2O. The van der Waals surface area contributed by atoms with Gasteiger partial charge in [0.1, 0.15) is 5.82 Å². The number of rotatable bonds is 11. The maximum Gasteiger partial charge on any atom is 0.165 e. The molecule has 1 radical (unpaired) electrons. The van der Waals surface area contributed by atoms with Gasteiger partial charge in [0.2, 0.25) is 0 Å². The van der Waals surface area contributed by atoms with Gasteiger partial charge in [-0.25, -0.2) is 8.78 Å². The van der Waals surface area contributed by atoms with Gasteiger partial charge in [0.25, 0.3) is 0 Å². The minimum atomic E-state index is -0.451. The Morgan fingerprint density at radius 2 is 1.52 bits per heavy atom. The van der Waals surface area contributed by atoms with E-state index in [1.165, 1.54) is 56.7 Å². The van der Waals surface area contributed by atoms with Gasteiger partial charge < -0.3 is 4.74 Å². The lowest BCUT2D eigenvalue weighted by Crippen LogP contribution is -1.99. The molecule has 3 heteroatoms. The Kier molecular flexibility index (Phi) is 8.44. The second-order valence-corrected chi connectivity index (χ2v) is 6.39. The summed E-state index contributed by atoms with van der Waals surface area (Å²) in [5.74, 6) is -0.604. The standard InChI is InChI=1S/C22H27F2O/c1-2-3-4-5-6-7-8-9-15-25-22-14-13-19(17-21(22)24)18-11-10-12-20(23)16-18/h10-11,13-14,16-17H,2-9,15H2,1H3. The topological polar surface area (TPSA) is 9.23 Å². The van der Waals surface area contributed by atoms with Crippen LogP contribution in [0.2, 0.25) is 0 Å². The van der Waals surface area contributed by atoms with Crippen LogP contribution in [0.5, 0.6) is 5.75 Å². The van der Waals surface area contributed by atoms with E-state index in [0.29, 0.717) is 17.7 Å². The zero-order chi connectivity index (χ0) is 17.9. The molecule has 0 aliphatic heterocycles. The maximum atomic E-state index is 14.2. The highest BCUT2D eigenvalue weighted by molar-refractivity contribution is 5.64. The molecule has 0 amide bonds. The predicted molar refractivity (Wildman–Crippen MR) is 98.7 cm³/mol. The third-order valence-electron chi connectivity index (χ3n) is 4.29. The Bertz CT molecular complexity index is 640. The molecule has 0 aromatic heterocycles. The quantitative estimate of drug-likeness (QED) is 0.400. The van der Waals surface area contributed by atoms with Crippen LogP contribution in [0.15, 0.2) is 36.4 Å². The maximum absolute atomic E-state index is 14.2. The van der Waals surface area contributed by atoms with Crippen molar-refractivity contribution < 1.29 is 13.5 Å². The van der Waals surface area contributed by atoms with E-state index in [1.54, 1.807) is 18.2 Å². The molecule has 2 aromatic rings. The Morgan fingerprint density at radius 3 is 2.20 bits per heavy atom. The lowest BCUT2D eigenvalue weighted by atomic mass is 10.1.